The molecule has 1 aromatic rings. The van der Waals surface area contributed by atoms with Crippen LogP contribution in [0.2, 0.25) is 0 Å². The maximum Gasteiger partial charge on any atom is 0.348 e. The molecular formula is C17H21NO5. The Labute approximate surface area is 135 Å². The van der Waals surface area contributed by atoms with E-state index in [1.807, 2.05) is 6.07 Å². The van der Waals surface area contributed by atoms with Crippen molar-refractivity contribution >= 4 is 11.9 Å². The fraction of sp³-hybridized carbons (Fsp3) is 0.529. The van der Waals surface area contributed by atoms with E-state index in [0.29, 0.717) is 25.4 Å². The van der Waals surface area contributed by atoms with E-state index in [2.05, 4.69) is 0 Å². The van der Waals surface area contributed by atoms with Crippen molar-refractivity contribution in [3.05, 3.63) is 30.3 Å². The third-order valence-corrected chi connectivity index (χ3v) is 4.53. The molecule has 2 fully saturated rings. The smallest absolute Gasteiger partial charge is 0.348 e. The van der Waals surface area contributed by atoms with Gasteiger partial charge in [-0.25, -0.2) is 4.79 Å². The van der Waals surface area contributed by atoms with Crippen LogP contribution in [0.5, 0.6) is 5.75 Å². The second kappa shape index (κ2) is 6.58. The number of nitrogens with zero attached hydrogens (tertiary/aromatic N) is 1. The standard InChI is InChI=1S/C17H21NO5/c19-15(14-7-4-12-22-14)18-10-8-17(9-11-18,16(20)21)23-13-5-2-1-3-6-13/h1-3,5-6,14H,4,7-12H2,(H,20,21)/t14-/m0/s1. The van der Waals surface area contributed by atoms with Crippen LogP contribution in [0, 0.1) is 0 Å². The van der Waals surface area contributed by atoms with E-state index in [9.17, 15) is 14.7 Å². The lowest BCUT2D eigenvalue weighted by Crippen LogP contribution is -2.55. The van der Waals surface area contributed by atoms with Gasteiger partial charge in [0.05, 0.1) is 0 Å². The van der Waals surface area contributed by atoms with Crippen molar-refractivity contribution in [1.82, 2.24) is 4.90 Å². The molecule has 0 unspecified atom stereocenters. The molecule has 0 spiro atoms. The van der Waals surface area contributed by atoms with Crippen LogP contribution >= 0.6 is 0 Å². The number of carboxylic acids is 1. The van der Waals surface area contributed by atoms with E-state index >= 15 is 0 Å². The van der Waals surface area contributed by atoms with Gasteiger partial charge in [0.25, 0.3) is 5.91 Å². The summed E-state index contributed by atoms with van der Waals surface area (Å²) < 4.78 is 11.2. The quantitative estimate of drug-likeness (QED) is 0.914. The van der Waals surface area contributed by atoms with Gasteiger partial charge in [-0.05, 0) is 25.0 Å². The van der Waals surface area contributed by atoms with E-state index in [-0.39, 0.29) is 24.9 Å². The van der Waals surface area contributed by atoms with Crippen LogP contribution in [-0.4, -0.2) is 53.3 Å². The molecule has 124 valence electrons. The molecule has 2 saturated heterocycles. The highest BCUT2D eigenvalue weighted by molar-refractivity contribution is 5.82. The minimum Gasteiger partial charge on any atom is -0.478 e. The molecule has 0 bridgehead atoms. The van der Waals surface area contributed by atoms with Gasteiger partial charge in [-0.15, -0.1) is 0 Å². The van der Waals surface area contributed by atoms with Gasteiger partial charge in [-0.1, -0.05) is 18.2 Å². The van der Waals surface area contributed by atoms with Gasteiger partial charge >= 0.3 is 5.97 Å². The van der Waals surface area contributed by atoms with Crippen molar-refractivity contribution in [2.45, 2.75) is 37.4 Å². The summed E-state index contributed by atoms with van der Waals surface area (Å²) in [5.74, 6) is -0.472. The molecule has 2 heterocycles. The van der Waals surface area contributed by atoms with Crippen molar-refractivity contribution in [2.24, 2.45) is 0 Å². The molecule has 0 aliphatic carbocycles. The predicted octanol–water partition coefficient (Wildman–Crippen LogP) is 1.69. The van der Waals surface area contributed by atoms with Crippen LogP contribution in [0.4, 0.5) is 0 Å². The van der Waals surface area contributed by atoms with Crippen LogP contribution in [0.15, 0.2) is 30.3 Å². The lowest BCUT2D eigenvalue weighted by Gasteiger charge is -2.39. The fourth-order valence-electron chi connectivity index (χ4n) is 3.14. The minimum absolute atomic E-state index is 0.0267. The number of carbonyl (C=O) groups excluding carboxylic acids is 1. The zero-order valence-electron chi connectivity index (χ0n) is 12.9. The number of carbonyl (C=O) groups is 2. The van der Waals surface area contributed by atoms with Gasteiger partial charge in [-0.3, -0.25) is 4.79 Å². The summed E-state index contributed by atoms with van der Waals surface area (Å²) in [6.45, 7) is 1.37. The summed E-state index contributed by atoms with van der Waals surface area (Å²) in [7, 11) is 0. The first kappa shape index (κ1) is 15.8. The molecule has 3 rings (SSSR count). The van der Waals surface area contributed by atoms with Gasteiger partial charge in [0.15, 0.2) is 0 Å². The van der Waals surface area contributed by atoms with E-state index < -0.39 is 11.6 Å². The molecule has 0 radical (unpaired) electrons. The van der Waals surface area contributed by atoms with Gasteiger partial charge in [0.2, 0.25) is 5.60 Å². The molecule has 0 saturated carbocycles. The van der Waals surface area contributed by atoms with Crippen molar-refractivity contribution in [1.29, 1.82) is 0 Å². The van der Waals surface area contributed by atoms with Gasteiger partial charge in [-0.2, -0.15) is 0 Å². The number of carboxylic acid groups (broad SMARTS) is 1. The second-order valence-corrected chi connectivity index (χ2v) is 6.04. The number of benzene rings is 1. The number of para-hydroxylation sites is 1. The topological polar surface area (TPSA) is 76.1 Å². The first-order valence-corrected chi connectivity index (χ1v) is 7.99. The molecule has 0 aromatic heterocycles. The lowest BCUT2D eigenvalue weighted by atomic mass is 9.90. The number of likely N-dealkylation sites (tertiary alicyclic amines) is 1. The van der Waals surface area contributed by atoms with Gasteiger partial charge in [0.1, 0.15) is 11.9 Å². The van der Waals surface area contributed by atoms with Crippen LogP contribution in [-0.2, 0) is 14.3 Å². The monoisotopic (exact) mass is 319 g/mol. The number of aliphatic carboxylic acids is 1. The Hall–Kier alpha value is -2.08. The van der Waals surface area contributed by atoms with Crippen LogP contribution in [0.25, 0.3) is 0 Å². The largest absolute Gasteiger partial charge is 0.478 e. The molecule has 6 nitrogen and oxygen atoms in total. The Morgan fingerprint density at radius 3 is 2.48 bits per heavy atom. The normalized spacial score (nSPS) is 23.5. The second-order valence-electron chi connectivity index (χ2n) is 6.04. The third kappa shape index (κ3) is 3.32. The highest BCUT2D eigenvalue weighted by Crippen LogP contribution is 2.30. The molecule has 23 heavy (non-hydrogen) atoms. The molecule has 1 amide bonds. The van der Waals surface area contributed by atoms with Gasteiger partial charge < -0.3 is 19.5 Å². The molecular weight excluding hydrogens is 298 g/mol. The summed E-state index contributed by atoms with van der Waals surface area (Å²) in [4.78, 5) is 25.8. The zero-order valence-corrected chi connectivity index (χ0v) is 12.9. The van der Waals surface area contributed by atoms with Gasteiger partial charge in [0, 0.05) is 32.5 Å². The highest BCUT2D eigenvalue weighted by atomic mass is 16.5. The van der Waals surface area contributed by atoms with E-state index in [0.717, 1.165) is 12.8 Å². The van der Waals surface area contributed by atoms with Crippen molar-refractivity contribution in [3.8, 4) is 5.75 Å². The van der Waals surface area contributed by atoms with Crippen LogP contribution < -0.4 is 4.74 Å². The Kier molecular flexibility index (Phi) is 4.52. The first-order chi connectivity index (χ1) is 11.1. The minimum atomic E-state index is -1.27. The third-order valence-electron chi connectivity index (χ3n) is 4.53. The predicted molar refractivity (Wildman–Crippen MR) is 82.2 cm³/mol. The SMILES string of the molecule is O=C([C@@H]1CCCO1)N1CCC(Oc2ccccc2)(C(=O)O)CC1. The molecule has 2 aliphatic rings. The Bertz CT molecular complexity index is 560. The number of hydrogen-bond acceptors (Lipinski definition) is 4. The number of amides is 1. The maximum atomic E-state index is 12.4. The van der Waals surface area contributed by atoms with E-state index in [1.165, 1.54) is 0 Å². The van der Waals surface area contributed by atoms with Crippen molar-refractivity contribution in [3.63, 3.8) is 0 Å². The maximum absolute atomic E-state index is 12.4. The summed E-state index contributed by atoms with van der Waals surface area (Å²) in [6.07, 6.45) is 1.84. The zero-order chi connectivity index (χ0) is 16.3. The van der Waals surface area contributed by atoms with Crippen LogP contribution in [0.3, 0.4) is 0 Å². The lowest BCUT2D eigenvalue weighted by molar-refractivity contribution is -0.163. The molecule has 6 heteroatoms. The first-order valence-electron chi connectivity index (χ1n) is 7.99. The molecule has 2 aliphatic heterocycles. The Morgan fingerprint density at radius 2 is 1.91 bits per heavy atom. The number of ether oxygens (including phenoxy) is 2. The Morgan fingerprint density at radius 1 is 1.22 bits per heavy atom. The summed E-state index contributed by atoms with van der Waals surface area (Å²) >= 11 is 0. The molecule has 1 N–H and O–H groups in total. The van der Waals surface area contributed by atoms with Crippen LogP contribution in [0.1, 0.15) is 25.7 Å². The average Bonchev–Trinajstić information content (AvgIpc) is 3.10. The summed E-state index contributed by atoms with van der Waals surface area (Å²) in [5.41, 5.74) is -1.27. The molecule has 1 atom stereocenters. The Balaban J connectivity index is 1.66. The number of rotatable bonds is 4. The number of hydrogen-bond donors (Lipinski definition) is 1. The fourth-order valence-corrected chi connectivity index (χ4v) is 3.14. The summed E-state index contributed by atoms with van der Waals surface area (Å²) in [6, 6.07) is 8.95. The average molecular weight is 319 g/mol. The summed E-state index contributed by atoms with van der Waals surface area (Å²) in [5, 5.41) is 9.63. The van der Waals surface area contributed by atoms with E-state index in [1.54, 1.807) is 29.2 Å². The highest BCUT2D eigenvalue weighted by Gasteiger charge is 2.45. The number of piperidine rings is 1. The van der Waals surface area contributed by atoms with Crippen molar-refractivity contribution in [2.75, 3.05) is 19.7 Å². The molecule has 1 aromatic carbocycles. The van der Waals surface area contributed by atoms with E-state index in [4.69, 9.17) is 9.47 Å². The van der Waals surface area contributed by atoms with Crippen molar-refractivity contribution < 1.29 is 24.2 Å².